The second kappa shape index (κ2) is 6.60. The van der Waals surface area contributed by atoms with Gasteiger partial charge in [0.15, 0.2) is 0 Å². The minimum Gasteiger partial charge on any atom is -0.489 e. The van der Waals surface area contributed by atoms with Crippen LogP contribution in [0.4, 0.5) is 0 Å². The van der Waals surface area contributed by atoms with Crippen molar-refractivity contribution in [2.45, 2.75) is 32.2 Å². The summed E-state index contributed by atoms with van der Waals surface area (Å²) in [6.45, 7) is 5.57. The van der Waals surface area contributed by atoms with Crippen LogP contribution in [0.15, 0.2) is 29.8 Å². The molecule has 4 nitrogen and oxygen atoms in total. The summed E-state index contributed by atoms with van der Waals surface area (Å²) in [4.78, 5) is 14.3. The second-order valence-electron chi connectivity index (χ2n) is 7.44. The lowest BCUT2D eigenvalue weighted by atomic mass is 9.93. The first-order valence-electron chi connectivity index (χ1n) is 9.14. The molecule has 2 fully saturated rings. The molecule has 1 aliphatic carbocycles. The number of ether oxygens (including phenoxy) is 1. The molecule has 1 N–H and O–H groups in total. The predicted molar refractivity (Wildman–Crippen MR) is 94.8 cm³/mol. The number of nitrogens with one attached hydrogen (secondary N) is 1. The van der Waals surface area contributed by atoms with Crippen molar-refractivity contribution in [1.29, 1.82) is 0 Å². The van der Waals surface area contributed by atoms with Crippen LogP contribution in [0.3, 0.4) is 0 Å². The topological polar surface area (TPSA) is 41.6 Å². The number of rotatable bonds is 4. The summed E-state index contributed by atoms with van der Waals surface area (Å²) in [5.41, 5.74) is 2.45. The van der Waals surface area contributed by atoms with Crippen molar-refractivity contribution in [2.75, 3.05) is 26.2 Å². The summed E-state index contributed by atoms with van der Waals surface area (Å²) >= 11 is 0. The van der Waals surface area contributed by atoms with Gasteiger partial charge in [-0.15, -0.1) is 0 Å². The van der Waals surface area contributed by atoms with E-state index in [2.05, 4.69) is 29.3 Å². The third-order valence-corrected chi connectivity index (χ3v) is 5.43. The molecule has 0 spiro atoms. The van der Waals surface area contributed by atoms with Crippen LogP contribution in [-0.2, 0) is 4.79 Å². The van der Waals surface area contributed by atoms with Gasteiger partial charge in [0.1, 0.15) is 12.4 Å². The lowest BCUT2D eigenvalue weighted by molar-refractivity contribution is -0.134. The first kappa shape index (κ1) is 15.7. The van der Waals surface area contributed by atoms with Crippen LogP contribution in [-0.4, -0.2) is 43.1 Å². The zero-order valence-electron chi connectivity index (χ0n) is 14.3. The molecule has 1 aromatic carbocycles. The van der Waals surface area contributed by atoms with E-state index in [4.69, 9.17) is 4.74 Å². The highest BCUT2D eigenvalue weighted by atomic mass is 16.5. The first-order valence-corrected chi connectivity index (χ1v) is 9.14. The summed E-state index contributed by atoms with van der Waals surface area (Å²) in [7, 11) is 0. The second-order valence-corrected chi connectivity index (χ2v) is 7.44. The van der Waals surface area contributed by atoms with Gasteiger partial charge in [0.05, 0.1) is 0 Å². The summed E-state index contributed by atoms with van der Waals surface area (Å²) in [5, 5.41) is 3.69. The lowest BCUT2D eigenvalue weighted by Gasteiger charge is -2.38. The molecule has 3 aliphatic rings. The van der Waals surface area contributed by atoms with E-state index < -0.39 is 0 Å². The number of hydrogen-bond acceptors (Lipinski definition) is 3. The van der Waals surface area contributed by atoms with Gasteiger partial charge in [-0.1, -0.05) is 25.1 Å². The standard InChI is InChI=1S/C20H26N2O2/c1-14-12-22(20(23)16-6-7-16)9-8-18(14)21-11-15-10-17-4-2-3-5-19(17)24-13-15/h2-5,10,14,16,18,21H,6-9,11-13H2,1H3/t14-,18-/m1/s1. The maximum Gasteiger partial charge on any atom is 0.225 e. The molecule has 1 saturated carbocycles. The number of para-hydroxylation sites is 1. The monoisotopic (exact) mass is 326 g/mol. The predicted octanol–water partition coefficient (Wildman–Crippen LogP) is 2.70. The Hall–Kier alpha value is -1.81. The molecule has 1 amide bonds. The highest BCUT2D eigenvalue weighted by Crippen LogP contribution is 2.32. The molecule has 2 heterocycles. The molecule has 24 heavy (non-hydrogen) atoms. The van der Waals surface area contributed by atoms with Crippen LogP contribution in [0, 0.1) is 11.8 Å². The molecular formula is C20H26N2O2. The molecule has 1 saturated heterocycles. The van der Waals surface area contributed by atoms with Crippen molar-refractivity contribution in [3.8, 4) is 5.75 Å². The smallest absolute Gasteiger partial charge is 0.225 e. The van der Waals surface area contributed by atoms with E-state index in [-0.39, 0.29) is 0 Å². The number of piperidine rings is 1. The van der Waals surface area contributed by atoms with Gasteiger partial charge in [0, 0.05) is 37.2 Å². The zero-order chi connectivity index (χ0) is 16.5. The Morgan fingerprint density at radius 3 is 2.92 bits per heavy atom. The summed E-state index contributed by atoms with van der Waals surface area (Å²) in [6.07, 6.45) is 5.48. The maximum absolute atomic E-state index is 12.2. The fourth-order valence-electron chi connectivity index (χ4n) is 3.76. The summed E-state index contributed by atoms with van der Waals surface area (Å²) in [5.74, 6) is 2.20. The number of carbonyl (C=O) groups excluding carboxylic acids is 1. The Labute approximate surface area is 143 Å². The normalized spacial score (nSPS) is 26.4. The van der Waals surface area contributed by atoms with Crippen LogP contribution < -0.4 is 10.1 Å². The highest BCUT2D eigenvalue weighted by Gasteiger charge is 2.36. The minimum atomic E-state index is 0.339. The molecule has 4 rings (SSSR count). The Morgan fingerprint density at radius 1 is 1.29 bits per heavy atom. The van der Waals surface area contributed by atoms with Crippen molar-refractivity contribution >= 4 is 12.0 Å². The Balaban J connectivity index is 1.31. The van der Waals surface area contributed by atoms with Crippen LogP contribution >= 0.6 is 0 Å². The van der Waals surface area contributed by atoms with Crippen molar-refractivity contribution in [2.24, 2.45) is 11.8 Å². The third kappa shape index (κ3) is 3.34. The van der Waals surface area contributed by atoms with Gasteiger partial charge in [-0.3, -0.25) is 4.79 Å². The Morgan fingerprint density at radius 2 is 2.12 bits per heavy atom. The van der Waals surface area contributed by atoms with Crippen molar-refractivity contribution < 1.29 is 9.53 Å². The first-order chi connectivity index (χ1) is 11.7. The van der Waals surface area contributed by atoms with Gasteiger partial charge in [-0.25, -0.2) is 0 Å². The van der Waals surface area contributed by atoms with Gasteiger partial charge in [-0.2, -0.15) is 0 Å². The summed E-state index contributed by atoms with van der Waals surface area (Å²) in [6, 6.07) is 8.65. The summed E-state index contributed by atoms with van der Waals surface area (Å²) < 4.78 is 5.82. The quantitative estimate of drug-likeness (QED) is 0.925. The van der Waals surface area contributed by atoms with E-state index in [0.29, 0.717) is 30.4 Å². The number of fused-ring (bicyclic) bond motifs is 1. The maximum atomic E-state index is 12.2. The third-order valence-electron chi connectivity index (χ3n) is 5.43. The van der Waals surface area contributed by atoms with Crippen molar-refractivity contribution in [3.05, 3.63) is 35.4 Å². The van der Waals surface area contributed by atoms with E-state index in [0.717, 1.165) is 44.6 Å². The molecular weight excluding hydrogens is 300 g/mol. The van der Waals surface area contributed by atoms with Gasteiger partial charge in [-0.05, 0) is 42.9 Å². The van der Waals surface area contributed by atoms with E-state index >= 15 is 0 Å². The fourth-order valence-corrected chi connectivity index (χ4v) is 3.76. The van der Waals surface area contributed by atoms with Gasteiger partial charge < -0.3 is 15.0 Å². The number of benzene rings is 1. The SMILES string of the molecule is C[C@@H]1CN(C(=O)C2CC2)CC[C@H]1NCC1=Cc2ccccc2OC1. The largest absolute Gasteiger partial charge is 0.489 e. The number of hydrogen-bond donors (Lipinski definition) is 1. The average Bonchev–Trinajstić information content (AvgIpc) is 3.45. The molecule has 4 heteroatoms. The van der Waals surface area contributed by atoms with E-state index in [1.54, 1.807) is 0 Å². The van der Waals surface area contributed by atoms with Gasteiger partial charge >= 0.3 is 0 Å². The van der Waals surface area contributed by atoms with Gasteiger partial charge in [0.25, 0.3) is 0 Å². The van der Waals surface area contributed by atoms with E-state index in [9.17, 15) is 4.79 Å². The van der Waals surface area contributed by atoms with Gasteiger partial charge in [0.2, 0.25) is 5.91 Å². The molecule has 0 bridgehead atoms. The van der Waals surface area contributed by atoms with Crippen molar-refractivity contribution in [3.63, 3.8) is 0 Å². The number of carbonyl (C=O) groups is 1. The molecule has 2 aliphatic heterocycles. The lowest BCUT2D eigenvalue weighted by Crippen LogP contribution is -2.51. The number of likely N-dealkylation sites (tertiary alicyclic amines) is 1. The zero-order valence-corrected chi connectivity index (χ0v) is 14.3. The molecule has 2 atom stereocenters. The Kier molecular flexibility index (Phi) is 4.31. The minimum absolute atomic E-state index is 0.339. The highest BCUT2D eigenvalue weighted by molar-refractivity contribution is 5.81. The number of nitrogens with zero attached hydrogens (tertiary/aromatic N) is 1. The van der Waals surface area contributed by atoms with E-state index in [1.807, 2.05) is 18.2 Å². The Bertz CT molecular complexity index is 651. The molecule has 0 unspecified atom stereocenters. The van der Waals surface area contributed by atoms with Crippen LogP contribution in [0.2, 0.25) is 0 Å². The van der Waals surface area contributed by atoms with Crippen LogP contribution in [0.25, 0.3) is 6.08 Å². The fraction of sp³-hybridized carbons (Fsp3) is 0.550. The number of amides is 1. The molecule has 128 valence electrons. The average molecular weight is 326 g/mol. The molecule has 0 radical (unpaired) electrons. The van der Waals surface area contributed by atoms with E-state index in [1.165, 1.54) is 11.1 Å². The molecule has 1 aromatic rings. The molecule has 0 aromatic heterocycles. The van der Waals surface area contributed by atoms with Crippen LogP contribution in [0.1, 0.15) is 31.7 Å². The van der Waals surface area contributed by atoms with Crippen LogP contribution in [0.5, 0.6) is 5.75 Å². The van der Waals surface area contributed by atoms with Crippen molar-refractivity contribution in [1.82, 2.24) is 10.2 Å².